The molecular weight excluding hydrogens is 411 g/mol. The number of likely N-dealkylation sites (tertiary alicyclic amines) is 2. The minimum Gasteiger partial charge on any atom is -0.426 e. The summed E-state index contributed by atoms with van der Waals surface area (Å²) in [6.45, 7) is 2.52. The molecule has 3 amide bonds. The van der Waals surface area contributed by atoms with Crippen molar-refractivity contribution in [2.75, 3.05) is 20.1 Å². The summed E-state index contributed by atoms with van der Waals surface area (Å²) < 4.78 is 0. The van der Waals surface area contributed by atoms with Crippen LogP contribution in [0.5, 0.6) is 0 Å². The fourth-order valence-corrected chi connectivity index (χ4v) is 4.66. The van der Waals surface area contributed by atoms with Gasteiger partial charge in [-0.25, -0.2) is 0 Å². The molecule has 0 radical (unpaired) electrons. The molecule has 2 aliphatic rings. The smallest absolute Gasteiger partial charge is 0.426 e. The number of nitrogens with zero attached hydrogens (tertiary/aromatic N) is 2. The van der Waals surface area contributed by atoms with E-state index in [0.29, 0.717) is 38.8 Å². The van der Waals surface area contributed by atoms with E-state index in [4.69, 9.17) is 0 Å². The standard InChI is InChI=1S/C22H33BN4O5/c1-15(21(29)27-13-7-11-19(27)23(31)32)25-20(28)18-10-6-12-26(18)22(30)17(24-2)14-16-8-4-3-5-9-16/h3-5,8-9,15,17-19,24,31-32H,6-7,10-14H2,1-2H3,(H,25,28)/t15-,17-,18-,19-/m0/s1. The van der Waals surface area contributed by atoms with Gasteiger partial charge >= 0.3 is 7.12 Å². The topological polar surface area (TPSA) is 122 Å². The van der Waals surface area contributed by atoms with Crippen molar-refractivity contribution in [1.82, 2.24) is 20.4 Å². The van der Waals surface area contributed by atoms with Crippen LogP contribution in [0.1, 0.15) is 38.2 Å². The maximum Gasteiger partial charge on any atom is 0.475 e. The molecule has 10 heteroatoms. The van der Waals surface area contributed by atoms with Crippen LogP contribution in [0.25, 0.3) is 0 Å². The zero-order valence-corrected chi connectivity index (χ0v) is 18.7. The van der Waals surface area contributed by atoms with Gasteiger partial charge < -0.3 is 30.5 Å². The molecule has 1 aromatic rings. The molecule has 4 N–H and O–H groups in total. The second-order valence-corrected chi connectivity index (χ2v) is 8.61. The highest BCUT2D eigenvalue weighted by Gasteiger charge is 2.41. The Morgan fingerprint density at radius 1 is 1.06 bits per heavy atom. The van der Waals surface area contributed by atoms with Crippen LogP contribution in [-0.4, -0.2) is 88.9 Å². The van der Waals surface area contributed by atoms with E-state index in [1.165, 1.54) is 4.90 Å². The highest BCUT2D eigenvalue weighted by atomic mass is 16.4. The number of hydrogen-bond acceptors (Lipinski definition) is 6. The summed E-state index contributed by atoms with van der Waals surface area (Å²) in [7, 11) is 0.134. The molecule has 2 heterocycles. The number of hydrogen-bond donors (Lipinski definition) is 4. The van der Waals surface area contributed by atoms with Gasteiger partial charge in [-0.2, -0.15) is 0 Å². The molecule has 0 unspecified atom stereocenters. The quantitative estimate of drug-likeness (QED) is 0.394. The maximum absolute atomic E-state index is 13.2. The van der Waals surface area contributed by atoms with Crippen molar-refractivity contribution in [1.29, 1.82) is 0 Å². The number of nitrogens with one attached hydrogen (secondary N) is 2. The van der Waals surface area contributed by atoms with E-state index >= 15 is 0 Å². The Morgan fingerprint density at radius 3 is 2.38 bits per heavy atom. The van der Waals surface area contributed by atoms with Crippen molar-refractivity contribution in [3.63, 3.8) is 0 Å². The monoisotopic (exact) mass is 444 g/mol. The highest BCUT2D eigenvalue weighted by Crippen LogP contribution is 2.21. The normalized spacial score (nSPS) is 22.5. The summed E-state index contributed by atoms with van der Waals surface area (Å²) in [5, 5.41) is 24.8. The SMILES string of the molecule is CN[C@@H](Cc1ccccc1)C(=O)N1CCC[C@H]1C(=O)N[C@@H](C)C(=O)N1CCC[C@H]1B(O)O. The average molecular weight is 444 g/mol. The van der Waals surface area contributed by atoms with Gasteiger partial charge in [-0.05, 0) is 51.6 Å². The Morgan fingerprint density at radius 2 is 1.72 bits per heavy atom. The van der Waals surface area contributed by atoms with E-state index in [0.717, 1.165) is 12.0 Å². The first kappa shape index (κ1) is 24.2. The summed E-state index contributed by atoms with van der Waals surface area (Å²) in [6, 6.07) is 7.83. The maximum atomic E-state index is 13.2. The van der Waals surface area contributed by atoms with Gasteiger partial charge in [-0.3, -0.25) is 14.4 Å². The second-order valence-electron chi connectivity index (χ2n) is 8.61. The van der Waals surface area contributed by atoms with Crippen LogP contribution in [0.4, 0.5) is 0 Å². The third-order valence-electron chi connectivity index (χ3n) is 6.42. The second kappa shape index (κ2) is 10.9. The molecule has 0 aromatic heterocycles. The van der Waals surface area contributed by atoms with Gasteiger partial charge in [0.1, 0.15) is 12.1 Å². The van der Waals surface area contributed by atoms with Crippen LogP contribution in [0.2, 0.25) is 0 Å². The number of benzene rings is 1. The fourth-order valence-electron chi connectivity index (χ4n) is 4.66. The lowest BCUT2D eigenvalue weighted by Crippen LogP contribution is -2.57. The number of amides is 3. The predicted molar refractivity (Wildman–Crippen MR) is 120 cm³/mol. The molecule has 2 saturated heterocycles. The third kappa shape index (κ3) is 5.49. The lowest BCUT2D eigenvalue weighted by atomic mass is 9.78. The molecule has 0 spiro atoms. The molecule has 9 nitrogen and oxygen atoms in total. The van der Waals surface area contributed by atoms with Crippen LogP contribution in [0.15, 0.2) is 30.3 Å². The van der Waals surface area contributed by atoms with Crippen molar-refractivity contribution < 1.29 is 24.4 Å². The van der Waals surface area contributed by atoms with Crippen LogP contribution in [0, 0.1) is 0 Å². The van der Waals surface area contributed by atoms with E-state index < -0.39 is 31.2 Å². The molecule has 32 heavy (non-hydrogen) atoms. The van der Waals surface area contributed by atoms with Crippen molar-refractivity contribution >= 4 is 24.8 Å². The lowest BCUT2D eigenvalue weighted by molar-refractivity contribution is -0.141. The van der Waals surface area contributed by atoms with Gasteiger partial charge in [-0.15, -0.1) is 0 Å². The summed E-state index contributed by atoms with van der Waals surface area (Å²) in [4.78, 5) is 42.0. The van der Waals surface area contributed by atoms with Crippen molar-refractivity contribution in [2.45, 2.75) is 63.1 Å². The van der Waals surface area contributed by atoms with Gasteiger partial charge in [0, 0.05) is 13.1 Å². The Bertz CT molecular complexity index is 809. The van der Waals surface area contributed by atoms with E-state index in [1.807, 2.05) is 30.3 Å². The van der Waals surface area contributed by atoms with E-state index in [2.05, 4.69) is 10.6 Å². The van der Waals surface area contributed by atoms with E-state index in [9.17, 15) is 24.4 Å². The molecule has 0 bridgehead atoms. The van der Waals surface area contributed by atoms with Crippen LogP contribution in [-0.2, 0) is 20.8 Å². The average Bonchev–Trinajstić information content (AvgIpc) is 3.47. The molecule has 4 atom stereocenters. The van der Waals surface area contributed by atoms with Crippen molar-refractivity contribution in [3.05, 3.63) is 35.9 Å². The Kier molecular flexibility index (Phi) is 8.28. The zero-order valence-electron chi connectivity index (χ0n) is 18.7. The number of carbonyl (C=O) groups is 3. The molecule has 2 fully saturated rings. The van der Waals surface area contributed by atoms with Crippen molar-refractivity contribution in [3.8, 4) is 0 Å². The number of likely N-dealkylation sites (N-methyl/N-ethyl adjacent to an activating group) is 1. The summed E-state index contributed by atoms with van der Waals surface area (Å²) in [6.07, 6.45) is 2.99. The van der Waals surface area contributed by atoms with Gasteiger partial charge in [0.05, 0.1) is 12.0 Å². The van der Waals surface area contributed by atoms with Crippen LogP contribution >= 0.6 is 0 Å². The molecule has 1 aromatic carbocycles. The first-order valence-electron chi connectivity index (χ1n) is 11.3. The first-order chi connectivity index (χ1) is 15.3. The van der Waals surface area contributed by atoms with Gasteiger partial charge in [0.15, 0.2) is 0 Å². The minimum atomic E-state index is -1.60. The molecule has 0 aliphatic carbocycles. The van der Waals surface area contributed by atoms with Gasteiger partial charge in [0.2, 0.25) is 17.7 Å². The van der Waals surface area contributed by atoms with Gasteiger partial charge in [-0.1, -0.05) is 30.3 Å². The van der Waals surface area contributed by atoms with Crippen LogP contribution in [0.3, 0.4) is 0 Å². The van der Waals surface area contributed by atoms with E-state index in [1.54, 1.807) is 18.9 Å². The number of carbonyl (C=O) groups excluding carboxylic acids is 3. The summed E-state index contributed by atoms with van der Waals surface area (Å²) in [5.41, 5.74) is 1.03. The largest absolute Gasteiger partial charge is 0.475 e. The fraction of sp³-hybridized carbons (Fsp3) is 0.591. The summed E-state index contributed by atoms with van der Waals surface area (Å²) >= 11 is 0. The predicted octanol–water partition coefficient (Wildman–Crippen LogP) is -0.684. The molecule has 174 valence electrons. The van der Waals surface area contributed by atoms with Crippen molar-refractivity contribution in [2.24, 2.45) is 0 Å². The summed E-state index contributed by atoms with van der Waals surface area (Å²) in [5.74, 6) is -1.48. The molecule has 3 rings (SSSR count). The third-order valence-corrected chi connectivity index (χ3v) is 6.42. The zero-order chi connectivity index (χ0) is 23.3. The first-order valence-corrected chi connectivity index (χ1v) is 11.3. The number of rotatable bonds is 8. The Balaban J connectivity index is 1.61. The Hall–Kier alpha value is -2.43. The minimum absolute atomic E-state index is 0.129. The van der Waals surface area contributed by atoms with E-state index in [-0.39, 0.29) is 17.7 Å². The molecular formula is C22H33BN4O5. The highest BCUT2D eigenvalue weighted by molar-refractivity contribution is 6.43. The van der Waals surface area contributed by atoms with Gasteiger partial charge in [0.25, 0.3) is 0 Å². The lowest BCUT2D eigenvalue weighted by Gasteiger charge is -2.30. The van der Waals surface area contributed by atoms with Crippen LogP contribution < -0.4 is 10.6 Å². The Labute approximate surface area is 189 Å². The molecule has 0 saturated carbocycles. The molecule has 2 aliphatic heterocycles.